The number of rotatable bonds is 3. The molecule has 1 fully saturated rings. The molecule has 20 heavy (non-hydrogen) atoms. The van der Waals surface area contributed by atoms with E-state index >= 15 is 0 Å². The van der Waals surface area contributed by atoms with Gasteiger partial charge in [0.2, 0.25) is 5.91 Å². The zero-order chi connectivity index (χ0) is 14.5. The molecule has 1 aliphatic heterocycles. The Morgan fingerprint density at radius 2 is 2.40 bits per heavy atom. The summed E-state index contributed by atoms with van der Waals surface area (Å²) in [5, 5.41) is 11.8. The lowest BCUT2D eigenvalue weighted by atomic mass is 10.00. The first-order valence-electron chi connectivity index (χ1n) is 6.81. The molecule has 1 aliphatic rings. The van der Waals surface area contributed by atoms with Crippen LogP contribution in [-0.2, 0) is 4.79 Å². The number of benzene rings is 1. The Kier molecular flexibility index (Phi) is 4.86. The van der Waals surface area contributed by atoms with Crippen molar-refractivity contribution < 1.29 is 4.79 Å². The molecule has 0 bridgehead atoms. The molecular weight excluding hydrogens is 274 g/mol. The molecule has 0 aliphatic carbocycles. The molecule has 0 radical (unpaired) electrons. The topological polar surface area (TPSA) is 56.1 Å². The molecule has 4 nitrogen and oxygen atoms in total. The molecule has 1 heterocycles. The van der Waals surface area contributed by atoms with Crippen molar-refractivity contribution in [2.45, 2.75) is 26.2 Å². The fraction of sp³-hybridized carbons (Fsp3) is 0.467. The number of carbonyl (C=O) groups excluding carboxylic acids is 1. The first kappa shape index (κ1) is 14.7. The molecule has 1 saturated heterocycles. The number of hydrogen-bond acceptors (Lipinski definition) is 3. The standard InChI is InChI=1S/C15H18ClN3O/c1-11-3-2-8-19(10-11)14-5-4-12(9-13(14)16)18-15(20)6-7-17/h4-5,9,11H,2-3,6,8,10H2,1H3,(H,18,20). The summed E-state index contributed by atoms with van der Waals surface area (Å²) in [6, 6.07) is 7.32. The summed E-state index contributed by atoms with van der Waals surface area (Å²) in [4.78, 5) is 13.7. The highest BCUT2D eigenvalue weighted by molar-refractivity contribution is 6.33. The van der Waals surface area contributed by atoms with Gasteiger partial charge in [-0.15, -0.1) is 0 Å². The normalized spacial score (nSPS) is 18.4. The van der Waals surface area contributed by atoms with Crippen molar-refractivity contribution in [3.63, 3.8) is 0 Å². The van der Waals surface area contributed by atoms with E-state index < -0.39 is 0 Å². The van der Waals surface area contributed by atoms with E-state index in [4.69, 9.17) is 16.9 Å². The van der Waals surface area contributed by atoms with Crippen molar-refractivity contribution in [1.82, 2.24) is 0 Å². The summed E-state index contributed by atoms with van der Waals surface area (Å²) in [5.41, 5.74) is 1.64. The van der Waals surface area contributed by atoms with Crippen LogP contribution < -0.4 is 10.2 Å². The largest absolute Gasteiger partial charge is 0.370 e. The van der Waals surface area contributed by atoms with Crippen molar-refractivity contribution in [2.24, 2.45) is 5.92 Å². The highest BCUT2D eigenvalue weighted by Gasteiger charge is 2.18. The number of hydrogen-bond donors (Lipinski definition) is 1. The third kappa shape index (κ3) is 3.64. The summed E-state index contributed by atoms with van der Waals surface area (Å²) in [7, 11) is 0. The maximum Gasteiger partial charge on any atom is 0.238 e. The van der Waals surface area contributed by atoms with E-state index in [-0.39, 0.29) is 12.3 Å². The minimum atomic E-state index is -0.317. The summed E-state index contributed by atoms with van der Waals surface area (Å²) in [6.45, 7) is 4.28. The van der Waals surface area contributed by atoms with Gasteiger partial charge in [-0.1, -0.05) is 18.5 Å². The second kappa shape index (κ2) is 6.62. The van der Waals surface area contributed by atoms with Crippen LogP contribution in [0.25, 0.3) is 0 Å². The molecule has 0 saturated carbocycles. The summed E-state index contributed by atoms with van der Waals surface area (Å²) < 4.78 is 0. The van der Waals surface area contributed by atoms with Crippen LogP contribution in [0, 0.1) is 17.2 Å². The first-order valence-corrected chi connectivity index (χ1v) is 7.19. The van der Waals surface area contributed by atoms with Gasteiger partial charge in [-0.05, 0) is 37.0 Å². The monoisotopic (exact) mass is 291 g/mol. The van der Waals surface area contributed by atoms with Gasteiger partial charge in [0.15, 0.2) is 0 Å². The number of nitrogens with one attached hydrogen (secondary N) is 1. The summed E-state index contributed by atoms with van der Waals surface area (Å²) in [5.74, 6) is 0.359. The van der Waals surface area contributed by atoms with Crippen LogP contribution in [0.1, 0.15) is 26.2 Å². The average molecular weight is 292 g/mol. The van der Waals surface area contributed by atoms with Gasteiger partial charge in [-0.25, -0.2) is 0 Å². The Labute approximate surface area is 124 Å². The molecule has 5 heteroatoms. The molecule has 1 atom stereocenters. The third-order valence-electron chi connectivity index (χ3n) is 3.47. The van der Waals surface area contributed by atoms with E-state index in [1.807, 2.05) is 18.2 Å². The third-order valence-corrected chi connectivity index (χ3v) is 3.77. The molecule has 0 spiro atoms. The van der Waals surface area contributed by atoms with Gasteiger partial charge in [0.05, 0.1) is 16.8 Å². The maximum absolute atomic E-state index is 11.4. The van der Waals surface area contributed by atoms with Crippen LogP contribution in [0.5, 0.6) is 0 Å². The van der Waals surface area contributed by atoms with Gasteiger partial charge < -0.3 is 10.2 Å². The molecule has 1 N–H and O–H groups in total. The van der Waals surface area contributed by atoms with Crippen molar-refractivity contribution in [2.75, 3.05) is 23.3 Å². The second-order valence-electron chi connectivity index (χ2n) is 5.24. The van der Waals surface area contributed by atoms with Crippen molar-refractivity contribution in [3.8, 4) is 6.07 Å². The van der Waals surface area contributed by atoms with Gasteiger partial charge in [0.25, 0.3) is 0 Å². The van der Waals surface area contributed by atoms with Gasteiger partial charge in [0, 0.05) is 18.8 Å². The van der Waals surface area contributed by atoms with Crippen LogP contribution in [0.2, 0.25) is 5.02 Å². The number of nitrogens with zero attached hydrogens (tertiary/aromatic N) is 2. The van der Waals surface area contributed by atoms with E-state index in [2.05, 4.69) is 17.1 Å². The lowest BCUT2D eigenvalue weighted by Gasteiger charge is -2.33. The van der Waals surface area contributed by atoms with Crippen molar-refractivity contribution >= 4 is 28.9 Å². The van der Waals surface area contributed by atoms with Gasteiger partial charge in [-0.3, -0.25) is 4.79 Å². The van der Waals surface area contributed by atoms with E-state index in [1.165, 1.54) is 12.8 Å². The van der Waals surface area contributed by atoms with E-state index in [9.17, 15) is 4.79 Å². The molecule has 1 amide bonds. The Bertz CT molecular complexity index is 538. The molecule has 2 rings (SSSR count). The fourth-order valence-electron chi connectivity index (χ4n) is 2.53. The quantitative estimate of drug-likeness (QED) is 0.928. The molecule has 1 unspecified atom stereocenters. The lowest BCUT2D eigenvalue weighted by molar-refractivity contribution is -0.115. The van der Waals surface area contributed by atoms with Crippen LogP contribution in [0.4, 0.5) is 11.4 Å². The second-order valence-corrected chi connectivity index (χ2v) is 5.65. The number of amides is 1. The zero-order valence-corrected chi connectivity index (χ0v) is 12.3. The molecule has 106 valence electrons. The Morgan fingerprint density at radius 3 is 3.05 bits per heavy atom. The molecule has 0 aromatic heterocycles. The number of anilines is 2. The predicted octanol–water partition coefficient (Wildman–Crippen LogP) is 3.43. The minimum Gasteiger partial charge on any atom is -0.370 e. The Hall–Kier alpha value is -1.73. The molecule has 1 aromatic carbocycles. The Balaban J connectivity index is 2.09. The number of piperidine rings is 1. The SMILES string of the molecule is CC1CCCN(c2ccc(NC(=O)CC#N)cc2Cl)C1. The van der Waals surface area contributed by atoms with Crippen LogP contribution in [0.15, 0.2) is 18.2 Å². The maximum atomic E-state index is 11.4. The first-order chi connectivity index (χ1) is 9.60. The highest BCUT2D eigenvalue weighted by Crippen LogP contribution is 2.31. The van der Waals surface area contributed by atoms with Crippen molar-refractivity contribution in [3.05, 3.63) is 23.2 Å². The lowest BCUT2D eigenvalue weighted by Crippen LogP contribution is -2.34. The number of halogens is 1. The molecular formula is C15H18ClN3O. The predicted molar refractivity (Wildman–Crippen MR) is 80.9 cm³/mol. The van der Waals surface area contributed by atoms with E-state index in [0.717, 1.165) is 18.8 Å². The molecule has 1 aromatic rings. The number of carbonyl (C=O) groups is 1. The van der Waals surface area contributed by atoms with Crippen molar-refractivity contribution in [1.29, 1.82) is 5.26 Å². The summed E-state index contributed by atoms with van der Waals surface area (Å²) in [6.07, 6.45) is 2.29. The van der Waals surface area contributed by atoms with Crippen LogP contribution in [0.3, 0.4) is 0 Å². The smallest absolute Gasteiger partial charge is 0.238 e. The van der Waals surface area contributed by atoms with Gasteiger partial charge >= 0.3 is 0 Å². The van der Waals surface area contributed by atoms with Gasteiger partial charge in [-0.2, -0.15) is 5.26 Å². The number of nitriles is 1. The average Bonchev–Trinajstić information content (AvgIpc) is 2.39. The Morgan fingerprint density at radius 1 is 1.60 bits per heavy atom. The van der Waals surface area contributed by atoms with Gasteiger partial charge in [0.1, 0.15) is 6.42 Å². The minimum absolute atomic E-state index is 0.150. The zero-order valence-electron chi connectivity index (χ0n) is 11.5. The van der Waals surface area contributed by atoms with Crippen LogP contribution >= 0.6 is 11.6 Å². The van der Waals surface area contributed by atoms with E-state index in [0.29, 0.717) is 16.6 Å². The van der Waals surface area contributed by atoms with E-state index in [1.54, 1.807) is 6.07 Å². The fourth-order valence-corrected chi connectivity index (χ4v) is 2.83. The van der Waals surface area contributed by atoms with Crippen LogP contribution in [-0.4, -0.2) is 19.0 Å². The highest BCUT2D eigenvalue weighted by atomic mass is 35.5. The summed E-state index contributed by atoms with van der Waals surface area (Å²) >= 11 is 6.31.